The molecule has 2 aliphatic heterocycles. The van der Waals surface area contributed by atoms with Gasteiger partial charge in [0.2, 0.25) is 5.91 Å². The fraction of sp³-hybridized carbons (Fsp3) is 0.480. The van der Waals surface area contributed by atoms with Gasteiger partial charge in [0.25, 0.3) is 0 Å². The standard InChI is InChI=1S/C25H32BNO5/c1-24(2)25(3,4)32-26(31-24)20-11-12-22(30-17-18-9-7-6-8-10-18)19(13-20)14-23(28)27-15-21(16-27)29-5/h6-13,21H,14-17H2,1-5H3. The van der Waals surface area contributed by atoms with Crippen LogP contribution in [0, 0.1) is 0 Å². The molecule has 0 aliphatic carbocycles. The fourth-order valence-corrected chi connectivity index (χ4v) is 3.80. The first kappa shape index (κ1) is 22.8. The number of carbonyl (C=O) groups is 1. The minimum absolute atomic E-state index is 0.0638. The number of likely N-dealkylation sites (tertiary alicyclic amines) is 1. The van der Waals surface area contributed by atoms with E-state index in [0.29, 0.717) is 25.4 Å². The van der Waals surface area contributed by atoms with Crippen LogP contribution in [-0.4, -0.2) is 55.4 Å². The number of methoxy groups -OCH3 is 1. The maximum atomic E-state index is 12.9. The van der Waals surface area contributed by atoms with Crippen molar-refractivity contribution < 1.29 is 23.6 Å². The number of nitrogens with zero attached hydrogens (tertiary/aromatic N) is 1. The Kier molecular flexibility index (Phi) is 6.34. The Hall–Kier alpha value is -2.35. The molecule has 4 rings (SSSR count). The van der Waals surface area contributed by atoms with Crippen LogP contribution in [0.25, 0.3) is 0 Å². The normalized spacial score (nSPS) is 19.7. The highest BCUT2D eigenvalue weighted by atomic mass is 16.7. The van der Waals surface area contributed by atoms with Gasteiger partial charge in [-0.2, -0.15) is 0 Å². The number of carbonyl (C=O) groups excluding carboxylic acids is 1. The maximum absolute atomic E-state index is 12.9. The summed E-state index contributed by atoms with van der Waals surface area (Å²) in [4.78, 5) is 14.7. The Labute approximate surface area is 190 Å². The molecule has 7 heteroatoms. The lowest BCUT2D eigenvalue weighted by molar-refractivity contribution is -0.142. The smallest absolute Gasteiger partial charge is 0.489 e. The Morgan fingerprint density at radius 1 is 1.06 bits per heavy atom. The van der Waals surface area contributed by atoms with Crippen LogP contribution in [0.1, 0.15) is 38.8 Å². The van der Waals surface area contributed by atoms with Gasteiger partial charge in [-0.1, -0.05) is 42.5 Å². The molecule has 0 atom stereocenters. The Balaban J connectivity index is 1.54. The molecule has 0 N–H and O–H groups in total. The first-order valence-electron chi connectivity index (χ1n) is 11.1. The highest BCUT2D eigenvalue weighted by molar-refractivity contribution is 6.62. The van der Waals surface area contributed by atoms with Gasteiger partial charge in [0.15, 0.2) is 0 Å². The van der Waals surface area contributed by atoms with Crippen molar-refractivity contribution in [2.75, 3.05) is 20.2 Å². The number of amides is 1. The van der Waals surface area contributed by atoms with E-state index in [4.69, 9.17) is 18.8 Å². The van der Waals surface area contributed by atoms with Crippen molar-refractivity contribution in [2.45, 2.75) is 58.0 Å². The summed E-state index contributed by atoms with van der Waals surface area (Å²) in [6.45, 7) is 9.83. The molecule has 2 heterocycles. The van der Waals surface area contributed by atoms with Gasteiger partial charge in [0, 0.05) is 25.8 Å². The molecule has 2 aromatic rings. The lowest BCUT2D eigenvalue weighted by atomic mass is 9.78. The maximum Gasteiger partial charge on any atom is 0.494 e. The molecule has 0 saturated carbocycles. The van der Waals surface area contributed by atoms with Crippen molar-refractivity contribution in [1.82, 2.24) is 4.90 Å². The van der Waals surface area contributed by atoms with Gasteiger partial charge in [-0.3, -0.25) is 4.79 Å². The average molecular weight is 437 g/mol. The summed E-state index contributed by atoms with van der Waals surface area (Å²) in [6.07, 6.45) is 0.386. The molecule has 0 aromatic heterocycles. The lowest BCUT2D eigenvalue weighted by Crippen LogP contribution is -2.54. The number of hydrogen-bond donors (Lipinski definition) is 0. The lowest BCUT2D eigenvalue weighted by Gasteiger charge is -2.38. The molecule has 2 fully saturated rings. The molecule has 0 bridgehead atoms. The Bertz CT molecular complexity index is 940. The third-order valence-electron chi connectivity index (χ3n) is 6.72. The third-order valence-corrected chi connectivity index (χ3v) is 6.72. The van der Waals surface area contributed by atoms with Gasteiger partial charge >= 0.3 is 7.12 Å². The first-order chi connectivity index (χ1) is 15.2. The van der Waals surface area contributed by atoms with Crippen LogP contribution < -0.4 is 10.2 Å². The van der Waals surface area contributed by atoms with E-state index in [1.807, 2.05) is 81.1 Å². The number of hydrogen-bond acceptors (Lipinski definition) is 5. The molecule has 1 amide bonds. The second-order valence-corrected chi connectivity index (χ2v) is 9.56. The van der Waals surface area contributed by atoms with E-state index in [9.17, 15) is 4.79 Å². The van der Waals surface area contributed by atoms with Crippen LogP contribution >= 0.6 is 0 Å². The highest BCUT2D eigenvalue weighted by Crippen LogP contribution is 2.36. The molecule has 0 unspecified atom stereocenters. The molecule has 6 nitrogen and oxygen atoms in total. The summed E-state index contributed by atoms with van der Waals surface area (Å²) in [5, 5.41) is 0. The second-order valence-electron chi connectivity index (χ2n) is 9.56. The quantitative estimate of drug-likeness (QED) is 0.624. The van der Waals surface area contributed by atoms with Gasteiger partial charge in [0.05, 0.1) is 23.7 Å². The molecular formula is C25H32BNO5. The number of rotatable bonds is 7. The zero-order valence-corrected chi connectivity index (χ0v) is 19.6. The molecule has 0 radical (unpaired) electrons. The molecule has 170 valence electrons. The summed E-state index contributed by atoms with van der Waals surface area (Å²) >= 11 is 0. The topological polar surface area (TPSA) is 57.2 Å². The van der Waals surface area contributed by atoms with Crippen LogP contribution in [0.15, 0.2) is 48.5 Å². The first-order valence-corrected chi connectivity index (χ1v) is 11.1. The van der Waals surface area contributed by atoms with Gasteiger partial charge in [-0.25, -0.2) is 0 Å². The van der Waals surface area contributed by atoms with Gasteiger partial charge in [-0.05, 0) is 44.8 Å². The van der Waals surface area contributed by atoms with E-state index in [0.717, 1.165) is 16.6 Å². The highest BCUT2D eigenvalue weighted by Gasteiger charge is 2.51. The summed E-state index contributed by atoms with van der Waals surface area (Å²) < 4.78 is 23.8. The summed E-state index contributed by atoms with van der Waals surface area (Å²) in [7, 11) is 1.19. The molecule has 0 spiro atoms. The van der Waals surface area contributed by atoms with E-state index in [2.05, 4.69) is 0 Å². The van der Waals surface area contributed by atoms with Crippen LogP contribution in [0.5, 0.6) is 5.75 Å². The van der Waals surface area contributed by atoms with E-state index in [1.54, 1.807) is 7.11 Å². The van der Waals surface area contributed by atoms with E-state index in [-0.39, 0.29) is 18.4 Å². The number of ether oxygens (including phenoxy) is 2. The van der Waals surface area contributed by atoms with Crippen molar-refractivity contribution in [3.05, 3.63) is 59.7 Å². The zero-order chi connectivity index (χ0) is 22.9. The monoisotopic (exact) mass is 437 g/mol. The Morgan fingerprint density at radius 3 is 2.34 bits per heavy atom. The van der Waals surface area contributed by atoms with Crippen molar-refractivity contribution in [3.63, 3.8) is 0 Å². The van der Waals surface area contributed by atoms with E-state index in [1.165, 1.54) is 0 Å². The molecule has 2 aliphatic rings. The SMILES string of the molecule is COC1CN(C(=O)Cc2cc(B3OC(C)(C)C(C)(C)O3)ccc2OCc2ccccc2)C1. The minimum Gasteiger partial charge on any atom is -0.489 e. The molecular weight excluding hydrogens is 405 g/mol. The summed E-state index contributed by atoms with van der Waals surface area (Å²) in [5.41, 5.74) is 1.94. The van der Waals surface area contributed by atoms with Crippen molar-refractivity contribution in [1.29, 1.82) is 0 Å². The molecule has 2 aromatic carbocycles. The zero-order valence-electron chi connectivity index (χ0n) is 19.6. The van der Waals surface area contributed by atoms with Gasteiger partial charge < -0.3 is 23.7 Å². The van der Waals surface area contributed by atoms with Crippen molar-refractivity contribution in [2.24, 2.45) is 0 Å². The number of benzene rings is 2. The van der Waals surface area contributed by atoms with E-state index < -0.39 is 18.3 Å². The average Bonchev–Trinajstić information content (AvgIpc) is 2.94. The van der Waals surface area contributed by atoms with Crippen LogP contribution in [0.3, 0.4) is 0 Å². The van der Waals surface area contributed by atoms with E-state index >= 15 is 0 Å². The summed E-state index contributed by atoms with van der Waals surface area (Å²) in [5.74, 6) is 0.764. The fourth-order valence-electron chi connectivity index (χ4n) is 3.80. The van der Waals surface area contributed by atoms with Gasteiger partial charge in [-0.15, -0.1) is 0 Å². The van der Waals surface area contributed by atoms with Crippen LogP contribution in [-0.2, 0) is 31.9 Å². The molecule has 2 saturated heterocycles. The van der Waals surface area contributed by atoms with Gasteiger partial charge in [0.1, 0.15) is 12.4 Å². The predicted octanol–water partition coefficient (Wildman–Crippen LogP) is 2.96. The van der Waals surface area contributed by atoms with Crippen molar-refractivity contribution in [3.8, 4) is 5.75 Å². The predicted molar refractivity (Wildman–Crippen MR) is 124 cm³/mol. The van der Waals surface area contributed by atoms with Crippen LogP contribution in [0.2, 0.25) is 0 Å². The largest absolute Gasteiger partial charge is 0.494 e. The third kappa shape index (κ3) is 4.70. The minimum atomic E-state index is -0.487. The second kappa shape index (κ2) is 8.89. The van der Waals surface area contributed by atoms with Crippen LogP contribution in [0.4, 0.5) is 0 Å². The Morgan fingerprint density at radius 2 is 1.72 bits per heavy atom. The molecule has 32 heavy (non-hydrogen) atoms. The summed E-state index contributed by atoms with van der Waals surface area (Å²) in [6, 6.07) is 15.9. The van der Waals surface area contributed by atoms with Crippen molar-refractivity contribution >= 4 is 18.5 Å².